The molecular weight excluding hydrogens is 248 g/mol. The predicted molar refractivity (Wildman–Crippen MR) is 82.0 cm³/mol. The lowest BCUT2D eigenvalue weighted by atomic mass is 10.0. The van der Waals surface area contributed by atoms with Gasteiger partial charge < -0.3 is 10.2 Å². The molecule has 0 aromatic heterocycles. The topological polar surface area (TPSA) is 32.3 Å². The minimum absolute atomic E-state index is 0.334. The summed E-state index contributed by atoms with van der Waals surface area (Å²) in [6.45, 7) is 2.97. The summed E-state index contributed by atoms with van der Waals surface area (Å²) in [6, 6.07) is 6.61. The Morgan fingerprint density at radius 1 is 1.15 bits per heavy atom. The summed E-state index contributed by atoms with van der Waals surface area (Å²) in [4.78, 5) is 14.3. The Labute approximate surface area is 121 Å². The van der Waals surface area contributed by atoms with Crippen molar-refractivity contribution < 1.29 is 4.79 Å². The van der Waals surface area contributed by atoms with E-state index in [9.17, 15) is 4.79 Å². The monoisotopic (exact) mass is 272 g/mol. The number of likely N-dealkylation sites (tertiary alicyclic amines) is 1. The zero-order valence-electron chi connectivity index (χ0n) is 12.2. The molecule has 2 aliphatic rings. The van der Waals surface area contributed by atoms with Crippen molar-refractivity contribution in [2.75, 3.05) is 25.0 Å². The Morgan fingerprint density at radius 3 is 2.75 bits per heavy atom. The van der Waals surface area contributed by atoms with Gasteiger partial charge in [0.2, 0.25) is 5.91 Å². The van der Waals surface area contributed by atoms with E-state index >= 15 is 0 Å². The maximum absolute atomic E-state index is 12.3. The molecule has 1 aromatic rings. The molecule has 2 heterocycles. The quantitative estimate of drug-likeness (QED) is 0.917. The maximum Gasteiger partial charge on any atom is 0.222 e. The third-order valence-electron chi connectivity index (χ3n) is 4.47. The van der Waals surface area contributed by atoms with Crippen molar-refractivity contribution in [2.45, 2.75) is 44.9 Å². The number of hydrogen-bond acceptors (Lipinski definition) is 2. The molecule has 0 radical (unpaired) electrons. The number of aryl methyl sites for hydroxylation is 1. The molecule has 0 aliphatic carbocycles. The average molecular weight is 272 g/mol. The highest BCUT2D eigenvalue weighted by Crippen LogP contribution is 2.24. The predicted octanol–water partition coefficient (Wildman–Crippen LogP) is 2.99. The molecule has 1 amide bonds. The van der Waals surface area contributed by atoms with E-state index in [4.69, 9.17) is 0 Å². The highest BCUT2D eigenvalue weighted by atomic mass is 16.2. The minimum Gasteiger partial charge on any atom is -0.384 e. The van der Waals surface area contributed by atoms with Gasteiger partial charge in [-0.3, -0.25) is 4.79 Å². The Hall–Kier alpha value is -1.51. The average Bonchev–Trinajstić information content (AvgIpc) is 2.76. The molecule has 0 bridgehead atoms. The summed E-state index contributed by atoms with van der Waals surface area (Å²) < 4.78 is 0. The van der Waals surface area contributed by atoms with E-state index in [1.165, 1.54) is 42.5 Å². The zero-order valence-corrected chi connectivity index (χ0v) is 12.2. The summed E-state index contributed by atoms with van der Waals surface area (Å²) >= 11 is 0. The lowest BCUT2D eigenvalue weighted by Crippen LogP contribution is -2.31. The fourth-order valence-corrected chi connectivity index (χ4v) is 3.22. The van der Waals surface area contributed by atoms with Gasteiger partial charge in [0.25, 0.3) is 0 Å². The van der Waals surface area contributed by atoms with Gasteiger partial charge in [-0.05, 0) is 42.9 Å². The van der Waals surface area contributed by atoms with Gasteiger partial charge in [-0.15, -0.1) is 0 Å². The van der Waals surface area contributed by atoms with Crippen LogP contribution in [0.25, 0.3) is 0 Å². The van der Waals surface area contributed by atoms with Crippen molar-refractivity contribution in [2.24, 2.45) is 0 Å². The summed E-state index contributed by atoms with van der Waals surface area (Å²) in [5, 5.41) is 3.40. The van der Waals surface area contributed by atoms with Crippen LogP contribution >= 0.6 is 0 Å². The van der Waals surface area contributed by atoms with Crippen molar-refractivity contribution in [3.05, 3.63) is 29.3 Å². The van der Waals surface area contributed by atoms with Gasteiger partial charge in [-0.25, -0.2) is 0 Å². The van der Waals surface area contributed by atoms with E-state index in [0.29, 0.717) is 12.3 Å². The number of benzene rings is 1. The number of carbonyl (C=O) groups excluding carboxylic acids is 1. The molecule has 0 spiro atoms. The third kappa shape index (κ3) is 3.14. The van der Waals surface area contributed by atoms with E-state index in [0.717, 1.165) is 32.5 Å². The van der Waals surface area contributed by atoms with Gasteiger partial charge in [-0.2, -0.15) is 0 Å². The number of hydrogen-bond donors (Lipinski definition) is 1. The van der Waals surface area contributed by atoms with Crippen LogP contribution in [0, 0.1) is 0 Å². The first-order chi connectivity index (χ1) is 9.83. The van der Waals surface area contributed by atoms with Gasteiger partial charge in [0.05, 0.1) is 0 Å². The lowest BCUT2D eigenvalue weighted by Gasteiger charge is -2.20. The minimum atomic E-state index is 0.334. The Kier molecular flexibility index (Phi) is 4.24. The number of fused-ring (bicyclic) bond motifs is 1. The van der Waals surface area contributed by atoms with Crippen LogP contribution in [0.15, 0.2) is 18.2 Å². The van der Waals surface area contributed by atoms with Crippen LogP contribution in [-0.2, 0) is 17.6 Å². The van der Waals surface area contributed by atoms with Crippen LogP contribution in [0.5, 0.6) is 0 Å². The second-order valence-electron chi connectivity index (χ2n) is 5.96. The smallest absolute Gasteiger partial charge is 0.222 e. The summed E-state index contributed by atoms with van der Waals surface area (Å²) in [6.07, 6.45) is 7.55. The van der Waals surface area contributed by atoms with E-state index in [1.54, 1.807) is 0 Å². The van der Waals surface area contributed by atoms with Crippen LogP contribution in [0.3, 0.4) is 0 Å². The molecule has 0 unspecified atom stereocenters. The second kappa shape index (κ2) is 6.29. The molecule has 0 atom stereocenters. The Balaban J connectivity index is 1.54. The largest absolute Gasteiger partial charge is 0.384 e. The molecule has 1 N–H and O–H groups in total. The summed E-state index contributed by atoms with van der Waals surface area (Å²) in [7, 11) is 0. The van der Waals surface area contributed by atoms with Crippen molar-refractivity contribution in [3.8, 4) is 0 Å². The van der Waals surface area contributed by atoms with Gasteiger partial charge in [0, 0.05) is 31.7 Å². The first-order valence-corrected chi connectivity index (χ1v) is 7.96. The Bertz CT molecular complexity index is 476. The molecule has 0 saturated carbocycles. The lowest BCUT2D eigenvalue weighted by molar-refractivity contribution is -0.131. The van der Waals surface area contributed by atoms with Crippen LogP contribution in [-0.4, -0.2) is 30.4 Å². The van der Waals surface area contributed by atoms with Crippen molar-refractivity contribution >= 4 is 11.6 Å². The highest BCUT2D eigenvalue weighted by molar-refractivity contribution is 5.76. The fourth-order valence-electron chi connectivity index (χ4n) is 3.22. The van der Waals surface area contributed by atoms with Gasteiger partial charge >= 0.3 is 0 Å². The summed E-state index contributed by atoms with van der Waals surface area (Å²) in [5.41, 5.74) is 3.96. The maximum atomic E-state index is 12.3. The number of rotatable bonds is 3. The van der Waals surface area contributed by atoms with E-state index in [1.807, 2.05) is 0 Å². The molecule has 1 fully saturated rings. The van der Waals surface area contributed by atoms with Crippen molar-refractivity contribution in [1.29, 1.82) is 0 Å². The summed E-state index contributed by atoms with van der Waals surface area (Å²) in [5.74, 6) is 0.334. The van der Waals surface area contributed by atoms with Crippen LogP contribution < -0.4 is 5.32 Å². The number of carbonyl (C=O) groups is 1. The van der Waals surface area contributed by atoms with Crippen LogP contribution in [0.2, 0.25) is 0 Å². The van der Waals surface area contributed by atoms with Crippen molar-refractivity contribution in [1.82, 2.24) is 4.90 Å². The van der Waals surface area contributed by atoms with Crippen molar-refractivity contribution in [3.63, 3.8) is 0 Å². The number of nitrogens with zero attached hydrogens (tertiary/aromatic N) is 1. The number of anilines is 1. The standard InChI is InChI=1S/C17H24N2O/c20-17(19-11-3-1-2-4-12-19)8-6-14-5-7-15-9-10-18-16(15)13-14/h5,7,13,18H,1-4,6,8-12H2. The molecule has 1 aromatic carbocycles. The van der Waals surface area contributed by atoms with Crippen LogP contribution in [0.1, 0.15) is 43.2 Å². The fraction of sp³-hybridized carbons (Fsp3) is 0.588. The van der Waals surface area contributed by atoms with E-state index < -0.39 is 0 Å². The molecule has 1 saturated heterocycles. The van der Waals surface area contributed by atoms with Crippen LogP contribution in [0.4, 0.5) is 5.69 Å². The zero-order chi connectivity index (χ0) is 13.8. The molecule has 3 heteroatoms. The van der Waals surface area contributed by atoms with Gasteiger partial charge in [-0.1, -0.05) is 25.0 Å². The van der Waals surface area contributed by atoms with E-state index in [-0.39, 0.29) is 0 Å². The highest BCUT2D eigenvalue weighted by Gasteiger charge is 2.16. The molecule has 2 aliphatic heterocycles. The first-order valence-electron chi connectivity index (χ1n) is 7.96. The first kappa shape index (κ1) is 13.5. The molecule has 3 nitrogen and oxygen atoms in total. The number of nitrogens with one attached hydrogen (secondary N) is 1. The molecule has 3 rings (SSSR count). The van der Waals surface area contributed by atoms with E-state index in [2.05, 4.69) is 28.4 Å². The second-order valence-corrected chi connectivity index (χ2v) is 5.96. The SMILES string of the molecule is O=C(CCc1ccc2c(c1)NCC2)N1CCCCCC1. The third-order valence-corrected chi connectivity index (χ3v) is 4.47. The Morgan fingerprint density at radius 2 is 1.95 bits per heavy atom. The normalized spacial score (nSPS) is 18.3. The molecule has 20 heavy (non-hydrogen) atoms. The van der Waals surface area contributed by atoms with Gasteiger partial charge in [0.15, 0.2) is 0 Å². The molecule has 108 valence electrons. The number of amides is 1. The molecular formula is C17H24N2O. The van der Waals surface area contributed by atoms with Gasteiger partial charge in [0.1, 0.15) is 0 Å².